The molecule has 2 aromatic heterocycles. The predicted molar refractivity (Wildman–Crippen MR) is 117 cm³/mol. The number of aryl methyl sites for hydroxylation is 2. The first-order valence-electron chi connectivity index (χ1n) is 10.9. The van der Waals surface area contributed by atoms with E-state index < -0.39 is 0 Å². The van der Waals surface area contributed by atoms with Gasteiger partial charge in [0, 0.05) is 17.3 Å². The number of nitrogens with one attached hydrogen (secondary N) is 1. The molecule has 0 radical (unpaired) electrons. The van der Waals surface area contributed by atoms with Crippen LogP contribution in [0.15, 0.2) is 23.0 Å². The van der Waals surface area contributed by atoms with Crippen LogP contribution in [-0.2, 0) is 19.4 Å². The van der Waals surface area contributed by atoms with Crippen molar-refractivity contribution in [1.29, 1.82) is 0 Å². The zero-order valence-corrected chi connectivity index (χ0v) is 17.7. The van der Waals surface area contributed by atoms with E-state index >= 15 is 0 Å². The molecule has 1 saturated heterocycles. The van der Waals surface area contributed by atoms with Crippen LogP contribution in [0.4, 0.5) is 0 Å². The maximum Gasteiger partial charge on any atom is 0.259 e. The summed E-state index contributed by atoms with van der Waals surface area (Å²) in [5.74, 6) is 2.45. The van der Waals surface area contributed by atoms with E-state index in [2.05, 4.69) is 22.0 Å². The van der Waals surface area contributed by atoms with E-state index in [1.54, 1.807) is 11.3 Å². The van der Waals surface area contributed by atoms with E-state index in [9.17, 15) is 4.79 Å². The summed E-state index contributed by atoms with van der Waals surface area (Å²) in [6, 6.07) is 6.62. The number of rotatable bonds is 3. The van der Waals surface area contributed by atoms with Crippen LogP contribution < -0.4 is 15.0 Å². The lowest BCUT2D eigenvalue weighted by molar-refractivity contribution is 0.241. The molecule has 0 amide bonds. The van der Waals surface area contributed by atoms with Crippen LogP contribution in [0, 0.1) is 0 Å². The average molecular weight is 424 g/mol. The normalized spacial score (nSPS) is 21.1. The number of aromatic nitrogens is 2. The molecule has 0 saturated carbocycles. The molecule has 3 aliphatic rings. The quantitative estimate of drug-likeness (QED) is 0.690. The lowest BCUT2D eigenvalue weighted by Crippen LogP contribution is -2.25. The molecule has 1 atom stereocenters. The maximum absolute atomic E-state index is 12.8. The molecule has 1 aliphatic carbocycles. The largest absolute Gasteiger partial charge is 0.490 e. The first-order valence-corrected chi connectivity index (χ1v) is 11.7. The summed E-state index contributed by atoms with van der Waals surface area (Å²) in [5.41, 5.74) is 2.51. The number of fused-ring (bicyclic) bond motifs is 4. The Balaban J connectivity index is 1.28. The highest BCUT2D eigenvalue weighted by Crippen LogP contribution is 2.39. The molecule has 0 bridgehead atoms. The fourth-order valence-corrected chi connectivity index (χ4v) is 6.38. The number of nitrogens with zero attached hydrogens (tertiary/aromatic N) is 2. The first kappa shape index (κ1) is 18.4. The minimum Gasteiger partial charge on any atom is -0.490 e. The molecular formula is C23H25N3O3S. The summed E-state index contributed by atoms with van der Waals surface area (Å²) in [6.45, 7) is 3.06. The van der Waals surface area contributed by atoms with Gasteiger partial charge in [0.2, 0.25) is 0 Å². The van der Waals surface area contributed by atoms with Gasteiger partial charge in [-0.05, 0) is 61.9 Å². The van der Waals surface area contributed by atoms with Crippen molar-refractivity contribution in [2.75, 3.05) is 19.8 Å². The molecule has 1 fully saturated rings. The minimum absolute atomic E-state index is 0.0285. The van der Waals surface area contributed by atoms with Crippen molar-refractivity contribution in [3.8, 4) is 11.5 Å². The summed E-state index contributed by atoms with van der Waals surface area (Å²) in [6.07, 6.45) is 6.40. The SMILES string of the molecule is O=c1[nH]c(CN2CCC[C@H]2c2ccc3c(c2)OCCCO3)nc2sc3c(c12)CCC3. The highest BCUT2D eigenvalue weighted by Gasteiger charge is 2.28. The van der Waals surface area contributed by atoms with Gasteiger partial charge in [-0.2, -0.15) is 0 Å². The molecule has 156 valence electrons. The Kier molecular flexibility index (Phi) is 4.53. The molecule has 4 heterocycles. The van der Waals surface area contributed by atoms with Gasteiger partial charge in [0.1, 0.15) is 10.7 Å². The van der Waals surface area contributed by atoms with Gasteiger partial charge in [-0.15, -0.1) is 11.3 Å². The number of hydrogen-bond acceptors (Lipinski definition) is 6. The third kappa shape index (κ3) is 3.11. The molecule has 0 unspecified atom stereocenters. The molecule has 1 aromatic carbocycles. The van der Waals surface area contributed by atoms with Gasteiger partial charge >= 0.3 is 0 Å². The summed E-state index contributed by atoms with van der Waals surface area (Å²) >= 11 is 1.71. The number of benzene rings is 1. The Morgan fingerprint density at radius 2 is 2.03 bits per heavy atom. The molecule has 3 aromatic rings. The van der Waals surface area contributed by atoms with E-state index in [-0.39, 0.29) is 5.56 Å². The van der Waals surface area contributed by atoms with Crippen LogP contribution in [0.1, 0.15) is 53.6 Å². The Hall–Kier alpha value is -2.38. The highest BCUT2D eigenvalue weighted by molar-refractivity contribution is 7.18. The van der Waals surface area contributed by atoms with Crippen LogP contribution in [0.25, 0.3) is 10.2 Å². The van der Waals surface area contributed by atoms with E-state index in [0.29, 0.717) is 25.8 Å². The van der Waals surface area contributed by atoms with Crippen LogP contribution in [0.3, 0.4) is 0 Å². The van der Waals surface area contributed by atoms with E-state index in [1.165, 1.54) is 16.0 Å². The van der Waals surface area contributed by atoms with Gasteiger partial charge in [0.25, 0.3) is 5.56 Å². The summed E-state index contributed by atoms with van der Waals surface area (Å²) in [4.78, 5) is 25.4. The average Bonchev–Trinajstić information content (AvgIpc) is 3.40. The first-order chi connectivity index (χ1) is 14.8. The number of hydrogen-bond donors (Lipinski definition) is 1. The van der Waals surface area contributed by atoms with Crippen LogP contribution >= 0.6 is 11.3 Å². The molecule has 0 spiro atoms. The summed E-state index contributed by atoms with van der Waals surface area (Å²) in [7, 11) is 0. The fraction of sp³-hybridized carbons (Fsp3) is 0.478. The number of ether oxygens (including phenoxy) is 2. The Labute approximate surface area is 178 Å². The third-order valence-electron chi connectivity index (χ3n) is 6.50. The highest BCUT2D eigenvalue weighted by atomic mass is 32.1. The van der Waals surface area contributed by atoms with E-state index in [1.807, 2.05) is 6.07 Å². The standard InChI is InChI=1S/C23H25N3O3S/c27-22-21-15-4-1-6-19(15)30-23(21)25-20(24-22)13-26-9-2-5-16(26)14-7-8-17-18(12-14)29-11-3-10-28-17/h7-8,12,16H,1-6,9-11,13H2,(H,24,25,27)/t16-/m0/s1. The maximum atomic E-state index is 12.8. The van der Waals surface area contributed by atoms with E-state index in [0.717, 1.165) is 72.6 Å². The second kappa shape index (κ2) is 7.39. The second-order valence-corrected chi connectivity index (χ2v) is 9.52. The Morgan fingerprint density at radius 3 is 2.97 bits per heavy atom. The number of aromatic amines is 1. The molecule has 6 nitrogen and oxygen atoms in total. The fourth-order valence-electron chi connectivity index (χ4n) is 5.09. The lowest BCUT2D eigenvalue weighted by Gasteiger charge is -2.25. The van der Waals surface area contributed by atoms with Crippen LogP contribution in [-0.4, -0.2) is 34.6 Å². The van der Waals surface area contributed by atoms with Crippen molar-refractivity contribution in [3.63, 3.8) is 0 Å². The van der Waals surface area contributed by atoms with Crippen molar-refractivity contribution in [2.24, 2.45) is 0 Å². The van der Waals surface area contributed by atoms with Gasteiger partial charge in [0.05, 0.1) is 25.1 Å². The molecule has 2 aliphatic heterocycles. The Bertz CT molecular complexity index is 1170. The monoisotopic (exact) mass is 423 g/mol. The topological polar surface area (TPSA) is 67.5 Å². The minimum atomic E-state index is 0.0285. The zero-order chi connectivity index (χ0) is 20.1. The van der Waals surface area contributed by atoms with Crippen molar-refractivity contribution in [1.82, 2.24) is 14.9 Å². The predicted octanol–water partition coefficient (Wildman–Crippen LogP) is 3.97. The van der Waals surface area contributed by atoms with Crippen LogP contribution in [0.5, 0.6) is 11.5 Å². The van der Waals surface area contributed by atoms with Gasteiger partial charge < -0.3 is 14.5 Å². The number of H-pyrrole nitrogens is 1. The molecule has 30 heavy (non-hydrogen) atoms. The van der Waals surface area contributed by atoms with E-state index in [4.69, 9.17) is 14.5 Å². The van der Waals surface area contributed by atoms with Gasteiger partial charge in [-0.1, -0.05) is 6.07 Å². The third-order valence-corrected chi connectivity index (χ3v) is 7.68. The van der Waals surface area contributed by atoms with Crippen molar-refractivity contribution >= 4 is 21.6 Å². The van der Waals surface area contributed by atoms with Crippen molar-refractivity contribution in [2.45, 2.75) is 51.1 Å². The molecule has 7 heteroatoms. The number of likely N-dealkylation sites (tertiary alicyclic amines) is 1. The lowest BCUT2D eigenvalue weighted by atomic mass is 10.0. The molecule has 6 rings (SSSR count). The van der Waals surface area contributed by atoms with Gasteiger partial charge in [-0.25, -0.2) is 4.98 Å². The van der Waals surface area contributed by atoms with Crippen molar-refractivity contribution < 1.29 is 9.47 Å². The Morgan fingerprint density at radius 1 is 1.13 bits per heavy atom. The molecule has 1 N–H and O–H groups in total. The summed E-state index contributed by atoms with van der Waals surface area (Å²) < 4.78 is 11.7. The van der Waals surface area contributed by atoms with Gasteiger partial charge in [-0.3, -0.25) is 9.69 Å². The second-order valence-electron chi connectivity index (χ2n) is 8.44. The zero-order valence-electron chi connectivity index (χ0n) is 16.9. The molecular weight excluding hydrogens is 398 g/mol. The number of thiophene rings is 1. The van der Waals surface area contributed by atoms with Crippen molar-refractivity contribution in [3.05, 3.63) is 50.4 Å². The smallest absolute Gasteiger partial charge is 0.259 e. The summed E-state index contributed by atoms with van der Waals surface area (Å²) in [5, 5.41) is 0.831. The van der Waals surface area contributed by atoms with Gasteiger partial charge in [0.15, 0.2) is 11.5 Å². The van der Waals surface area contributed by atoms with Crippen LogP contribution in [0.2, 0.25) is 0 Å².